The zero-order valence-corrected chi connectivity index (χ0v) is 19.0. The van der Waals surface area contributed by atoms with E-state index in [2.05, 4.69) is 53.4 Å². The molecule has 168 valence electrons. The van der Waals surface area contributed by atoms with Crippen LogP contribution in [0.5, 0.6) is 5.75 Å². The number of aromatic nitrogens is 2. The molecule has 32 heavy (non-hydrogen) atoms. The van der Waals surface area contributed by atoms with E-state index < -0.39 is 0 Å². The third kappa shape index (κ3) is 5.98. The molecule has 1 aliphatic heterocycles. The van der Waals surface area contributed by atoms with E-state index in [1.807, 2.05) is 24.3 Å². The highest BCUT2D eigenvalue weighted by molar-refractivity contribution is 6.02. The normalized spacial score (nSPS) is 14.5. The number of anilines is 1. The molecule has 2 aromatic carbocycles. The summed E-state index contributed by atoms with van der Waals surface area (Å²) >= 11 is 0. The van der Waals surface area contributed by atoms with Gasteiger partial charge in [-0.05, 0) is 73.3 Å². The molecule has 4 rings (SSSR count). The number of nitrogens with one attached hydrogen (secondary N) is 1. The summed E-state index contributed by atoms with van der Waals surface area (Å²) in [6.45, 7) is 7.90. The lowest BCUT2D eigenvalue weighted by Crippen LogP contribution is -2.29. The Balaban J connectivity index is 1.27. The Morgan fingerprint density at radius 2 is 1.72 bits per heavy atom. The molecule has 1 saturated heterocycles. The van der Waals surface area contributed by atoms with Gasteiger partial charge in [-0.3, -0.25) is 9.69 Å². The van der Waals surface area contributed by atoms with Crippen LogP contribution in [0.4, 0.5) is 5.69 Å². The van der Waals surface area contributed by atoms with Gasteiger partial charge in [-0.25, -0.2) is 4.68 Å². The predicted octanol–water partition coefficient (Wildman–Crippen LogP) is 5.28. The Kier molecular flexibility index (Phi) is 7.22. The third-order valence-corrected chi connectivity index (χ3v) is 5.85. The number of benzene rings is 2. The van der Waals surface area contributed by atoms with E-state index in [1.54, 1.807) is 16.9 Å². The van der Waals surface area contributed by atoms with Crippen molar-refractivity contribution in [1.29, 1.82) is 0 Å². The first-order valence-electron chi connectivity index (χ1n) is 11.5. The van der Waals surface area contributed by atoms with Gasteiger partial charge in [0, 0.05) is 18.4 Å². The van der Waals surface area contributed by atoms with Crippen LogP contribution < -0.4 is 10.1 Å². The highest BCUT2D eigenvalue weighted by atomic mass is 16.5. The van der Waals surface area contributed by atoms with Gasteiger partial charge in [0.25, 0.3) is 5.91 Å². The number of carbonyl (C=O) groups is 1. The number of nitrogens with zero attached hydrogens (tertiary/aromatic N) is 3. The molecular weight excluding hydrogens is 400 g/mol. The van der Waals surface area contributed by atoms with Crippen molar-refractivity contribution in [2.24, 2.45) is 0 Å². The fourth-order valence-electron chi connectivity index (χ4n) is 3.91. The minimum Gasteiger partial charge on any atom is -0.471 e. The summed E-state index contributed by atoms with van der Waals surface area (Å²) < 4.78 is 7.40. The van der Waals surface area contributed by atoms with Gasteiger partial charge in [-0.2, -0.15) is 5.10 Å². The molecule has 1 fully saturated rings. The van der Waals surface area contributed by atoms with E-state index in [1.165, 1.54) is 43.5 Å². The molecule has 0 unspecified atom stereocenters. The Labute approximate surface area is 190 Å². The van der Waals surface area contributed by atoms with Crippen molar-refractivity contribution < 1.29 is 9.53 Å². The summed E-state index contributed by atoms with van der Waals surface area (Å²) in [5.41, 5.74) is 3.68. The van der Waals surface area contributed by atoms with E-state index >= 15 is 0 Å². The summed E-state index contributed by atoms with van der Waals surface area (Å²) in [5.74, 6) is 1.04. The molecule has 6 heteroatoms. The van der Waals surface area contributed by atoms with Crippen LogP contribution in [0.25, 0.3) is 0 Å². The number of hydrogen-bond donors (Lipinski definition) is 1. The zero-order chi connectivity index (χ0) is 22.3. The maximum absolute atomic E-state index is 12.6. The van der Waals surface area contributed by atoms with Crippen molar-refractivity contribution in [3.63, 3.8) is 0 Å². The number of hydrogen-bond acceptors (Lipinski definition) is 4. The molecule has 0 radical (unpaired) electrons. The maximum Gasteiger partial charge on any atom is 0.276 e. The average molecular weight is 433 g/mol. The van der Waals surface area contributed by atoms with Crippen molar-refractivity contribution in [3.8, 4) is 5.75 Å². The van der Waals surface area contributed by atoms with Gasteiger partial charge in [-0.15, -0.1) is 0 Å². The summed E-state index contributed by atoms with van der Waals surface area (Å²) in [6.07, 6.45) is 5.67. The second kappa shape index (κ2) is 10.5. The Morgan fingerprint density at radius 1 is 1.00 bits per heavy atom. The van der Waals surface area contributed by atoms with Gasteiger partial charge in [0.2, 0.25) is 0 Å². The molecule has 1 N–H and O–H groups in total. The minimum atomic E-state index is -0.228. The van der Waals surface area contributed by atoms with Gasteiger partial charge in [0.05, 0.1) is 0 Å². The van der Waals surface area contributed by atoms with Crippen molar-refractivity contribution in [3.05, 3.63) is 77.6 Å². The van der Waals surface area contributed by atoms with E-state index in [0.717, 1.165) is 18.0 Å². The lowest BCUT2D eigenvalue weighted by atomic mass is 10.0. The Morgan fingerprint density at radius 3 is 2.41 bits per heavy atom. The fourth-order valence-corrected chi connectivity index (χ4v) is 3.91. The molecule has 0 aliphatic carbocycles. The Hall–Kier alpha value is -3.12. The summed E-state index contributed by atoms with van der Waals surface area (Å²) in [4.78, 5) is 15.1. The topological polar surface area (TPSA) is 59.4 Å². The quantitative estimate of drug-likeness (QED) is 0.526. The average Bonchev–Trinajstić information content (AvgIpc) is 3.29. The first-order valence-corrected chi connectivity index (χ1v) is 11.5. The zero-order valence-electron chi connectivity index (χ0n) is 19.0. The molecule has 0 atom stereocenters. The van der Waals surface area contributed by atoms with Crippen LogP contribution in [0.1, 0.15) is 60.6 Å². The number of rotatable bonds is 8. The van der Waals surface area contributed by atoms with Crippen LogP contribution in [-0.2, 0) is 13.3 Å². The van der Waals surface area contributed by atoms with Crippen LogP contribution >= 0.6 is 0 Å². The number of ether oxygens (including phenoxy) is 1. The highest BCUT2D eigenvalue weighted by Gasteiger charge is 2.12. The maximum atomic E-state index is 12.6. The second-order valence-electron chi connectivity index (χ2n) is 8.73. The summed E-state index contributed by atoms with van der Waals surface area (Å²) in [5, 5.41) is 7.26. The SMILES string of the molecule is CC(C)c1ccc(OCn2ccc(C(=O)Nc3ccc(CN4CCCCC4)cc3)n2)cc1. The molecule has 0 saturated carbocycles. The van der Waals surface area contributed by atoms with E-state index in [0.29, 0.717) is 11.6 Å². The third-order valence-electron chi connectivity index (χ3n) is 5.85. The van der Waals surface area contributed by atoms with E-state index in [-0.39, 0.29) is 12.6 Å². The first kappa shape index (κ1) is 22.1. The van der Waals surface area contributed by atoms with Crippen LogP contribution in [0.3, 0.4) is 0 Å². The smallest absolute Gasteiger partial charge is 0.276 e. The second-order valence-corrected chi connectivity index (χ2v) is 8.73. The van der Waals surface area contributed by atoms with Crippen molar-refractivity contribution >= 4 is 11.6 Å². The van der Waals surface area contributed by atoms with Crippen molar-refractivity contribution in [1.82, 2.24) is 14.7 Å². The molecule has 1 aliphatic rings. The van der Waals surface area contributed by atoms with Crippen LogP contribution in [-0.4, -0.2) is 33.7 Å². The molecule has 0 bridgehead atoms. The number of amides is 1. The monoisotopic (exact) mass is 432 g/mol. The predicted molar refractivity (Wildman–Crippen MR) is 127 cm³/mol. The standard InChI is InChI=1S/C26H32N4O2/c1-20(2)22-8-12-24(13-9-22)32-19-30-17-14-25(28-30)26(31)27-23-10-6-21(7-11-23)18-29-15-4-3-5-16-29/h6-14,17,20H,3-5,15-16,18-19H2,1-2H3,(H,27,31). The van der Waals surface area contributed by atoms with Gasteiger partial charge >= 0.3 is 0 Å². The molecule has 0 spiro atoms. The van der Waals surface area contributed by atoms with E-state index in [4.69, 9.17) is 4.74 Å². The summed E-state index contributed by atoms with van der Waals surface area (Å²) in [6, 6.07) is 17.8. The minimum absolute atomic E-state index is 0.228. The highest BCUT2D eigenvalue weighted by Crippen LogP contribution is 2.19. The van der Waals surface area contributed by atoms with Crippen molar-refractivity contribution in [2.45, 2.75) is 52.3 Å². The summed E-state index contributed by atoms with van der Waals surface area (Å²) in [7, 11) is 0. The largest absolute Gasteiger partial charge is 0.471 e. The van der Waals surface area contributed by atoms with Gasteiger partial charge in [-0.1, -0.05) is 44.5 Å². The van der Waals surface area contributed by atoms with Gasteiger partial charge in [0.1, 0.15) is 5.75 Å². The molecular formula is C26H32N4O2. The van der Waals surface area contributed by atoms with Gasteiger partial charge in [0.15, 0.2) is 12.4 Å². The van der Waals surface area contributed by atoms with Crippen LogP contribution in [0, 0.1) is 0 Å². The number of likely N-dealkylation sites (tertiary alicyclic amines) is 1. The van der Waals surface area contributed by atoms with Crippen LogP contribution in [0.15, 0.2) is 60.8 Å². The first-order chi connectivity index (χ1) is 15.6. The van der Waals surface area contributed by atoms with Crippen molar-refractivity contribution in [2.75, 3.05) is 18.4 Å². The lowest BCUT2D eigenvalue weighted by Gasteiger charge is -2.26. The van der Waals surface area contributed by atoms with Gasteiger partial charge < -0.3 is 10.1 Å². The number of carbonyl (C=O) groups excluding carboxylic acids is 1. The van der Waals surface area contributed by atoms with Crippen LogP contribution in [0.2, 0.25) is 0 Å². The molecule has 1 aromatic heterocycles. The molecule has 6 nitrogen and oxygen atoms in total. The number of piperidine rings is 1. The fraction of sp³-hybridized carbons (Fsp3) is 0.385. The van der Waals surface area contributed by atoms with E-state index in [9.17, 15) is 4.79 Å². The Bertz CT molecular complexity index is 1000. The molecule has 3 aromatic rings. The molecule has 1 amide bonds. The molecule has 2 heterocycles. The lowest BCUT2D eigenvalue weighted by molar-refractivity contribution is 0.102.